The standard InChI is InChI=1S/C19H19NO3/c1-19(2,3)23-18(22)20-12-6-9-17-15(13-21)11-10-14-7-4-5-8-16(14)17/h4-5,7-8,10-11,13H,12H2,1-3H3,(H,20,22). The number of carbonyl (C=O) groups excluding carboxylic acids is 2. The molecule has 1 N–H and O–H groups in total. The Morgan fingerprint density at radius 3 is 2.65 bits per heavy atom. The molecule has 0 aliphatic heterocycles. The van der Waals surface area contributed by atoms with Crippen molar-refractivity contribution in [2.24, 2.45) is 0 Å². The Bertz CT molecular complexity index is 792. The van der Waals surface area contributed by atoms with Crippen LogP contribution < -0.4 is 5.32 Å². The fourth-order valence-corrected chi connectivity index (χ4v) is 2.09. The first kappa shape index (κ1) is 16.6. The van der Waals surface area contributed by atoms with Gasteiger partial charge >= 0.3 is 6.09 Å². The van der Waals surface area contributed by atoms with Gasteiger partial charge in [-0.2, -0.15) is 0 Å². The predicted molar refractivity (Wildman–Crippen MR) is 90.5 cm³/mol. The van der Waals surface area contributed by atoms with E-state index in [0.29, 0.717) is 11.1 Å². The molecule has 0 saturated heterocycles. The number of fused-ring (bicyclic) bond motifs is 1. The Hall–Kier alpha value is -2.80. The van der Waals surface area contributed by atoms with Crippen LogP contribution in [0.5, 0.6) is 0 Å². The van der Waals surface area contributed by atoms with Crippen molar-refractivity contribution in [3.8, 4) is 11.8 Å². The maximum atomic E-state index is 11.5. The van der Waals surface area contributed by atoms with Gasteiger partial charge in [-0.3, -0.25) is 4.79 Å². The van der Waals surface area contributed by atoms with E-state index in [1.807, 2.05) is 30.3 Å². The highest BCUT2D eigenvalue weighted by Gasteiger charge is 2.15. The number of aldehydes is 1. The smallest absolute Gasteiger partial charge is 0.408 e. The van der Waals surface area contributed by atoms with Crippen molar-refractivity contribution in [2.45, 2.75) is 26.4 Å². The van der Waals surface area contributed by atoms with E-state index in [2.05, 4.69) is 17.2 Å². The van der Waals surface area contributed by atoms with Gasteiger partial charge in [0.05, 0.1) is 6.54 Å². The van der Waals surface area contributed by atoms with Crippen LogP contribution in [0.4, 0.5) is 4.79 Å². The first-order valence-corrected chi connectivity index (χ1v) is 7.33. The first-order valence-electron chi connectivity index (χ1n) is 7.33. The molecule has 2 aromatic carbocycles. The number of benzene rings is 2. The molecule has 2 aromatic rings. The van der Waals surface area contributed by atoms with Gasteiger partial charge in [-0.15, -0.1) is 0 Å². The lowest BCUT2D eigenvalue weighted by molar-refractivity contribution is 0.0535. The van der Waals surface area contributed by atoms with Crippen LogP contribution in [0.25, 0.3) is 10.8 Å². The first-order chi connectivity index (χ1) is 10.9. The number of rotatable bonds is 2. The summed E-state index contributed by atoms with van der Waals surface area (Å²) in [5, 5.41) is 4.51. The Kier molecular flexibility index (Phi) is 5.02. The van der Waals surface area contributed by atoms with E-state index in [1.165, 1.54) is 0 Å². The number of carbonyl (C=O) groups is 2. The fourth-order valence-electron chi connectivity index (χ4n) is 2.09. The number of ether oxygens (including phenoxy) is 1. The lowest BCUT2D eigenvalue weighted by Crippen LogP contribution is -2.32. The van der Waals surface area contributed by atoms with Crippen LogP contribution in [0.2, 0.25) is 0 Å². The van der Waals surface area contributed by atoms with Crippen molar-refractivity contribution in [1.82, 2.24) is 5.32 Å². The average Bonchev–Trinajstić information content (AvgIpc) is 2.49. The molecular formula is C19H19NO3. The van der Waals surface area contributed by atoms with Gasteiger partial charge in [0.1, 0.15) is 5.60 Å². The number of alkyl carbamates (subject to hydrolysis) is 1. The van der Waals surface area contributed by atoms with Crippen LogP contribution in [0.1, 0.15) is 36.7 Å². The minimum absolute atomic E-state index is 0.149. The highest BCUT2D eigenvalue weighted by molar-refractivity contribution is 5.95. The quantitative estimate of drug-likeness (QED) is 0.682. The molecule has 4 nitrogen and oxygen atoms in total. The maximum absolute atomic E-state index is 11.5. The molecule has 0 radical (unpaired) electrons. The molecule has 0 aromatic heterocycles. The summed E-state index contributed by atoms with van der Waals surface area (Å²) in [6, 6.07) is 11.4. The summed E-state index contributed by atoms with van der Waals surface area (Å²) in [6.07, 6.45) is 0.276. The summed E-state index contributed by atoms with van der Waals surface area (Å²) in [6.45, 7) is 5.54. The molecule has 23 heavy (non-hydrogen) atoms. The van der Waals surface area contributed by atoms with E-state index in [0.717, 1.165) is 17.1 Å². The molecule has 0 bridgehead atoms. The zero-order chi connectivity index (χ0) is 16.9. The lowest BCUT2D eigenvalue weighted by atomic mass is 10.00. The molecule has 0 spiro atoms. The summed E-state index contributed by atoms with van der Waals surface area (Å²) in [7, 11) is 0. The van der Waals surface area contributed by atoms with Crippen LogP contribution >= 0.6 is 0 Å². The molecule has 0 heterocycles. The minimum Gasteiger partial charge on any atom is -0.444 e. The van der Waals surface area contributed by atoms with E-state index in [1.54, 1.807) is 26.8 Å². The highest BCUT2D eigenvalue weighted by Crippen LogP contribution is 2.20. The van der Waals surface area contributed by atoms with Gasteiger partial charge in [0, 0.05) is 11.1 Å². The van der Waals surface area contributed by atoms with Crippen molar-refractivity contribution < 1.29 is 14.3 Å². The number of hydrogen-bond acceptors (Lipinski definition) is 3. The van der Waals surface area contributed by atoms with Crippen LogP contribution in [0.15, 0.2) is 36.4 Å². The van der Waals surface area contributed by atoms with Gasteiger partial charge in [0.15, 0.2) is 6.29 Å². The second-order valence-electron chi connectivity index (χ2n) is 6.03. The van der Waals surface area contributed by atoms with Crippen LogP contribution in [0, 0.1) is 11.8 Å². The molecular weight excluding hydrogens is 290 g/mol. The summed E-state index contributed by atoms with van der Waals surface area (Å²) in [4.78, 5) is 22.8. The second kappa shape index (κ2) is 6.97. The van der Waals surface area contributed by atoms with Crippen LogP contribution in [-0.2, 0) is 4.74 Å². The van der Waals surface area contributed by atoms with Gasteiger partial charge in [0.2, 0.25) is 0 Å². The third-order valence-electron chi connectivity index (χ3n) is 3.02. The van der Waals surface area contributed by atoms with Gasteiger partial charge in [-0.25, -0.2) is 4.79 Å². The van der Waals surface area contributed by atoms with E-state index in [4.69, 9.17) is 4.74 Å². The molecule has 1 amide bonds. The molecule has 0 fully saturated rings. The van der Waals surface area contributed by atoms with Crippen molar-refractivity contribution in [2.75, 3.05) is 6.54 Å². The number of nitrogens with one attached hydrogen (secondary N) is 1. The van der Waals surface area contributed by atoms with Crippen molar-refractivity contribution in [1.29, 1.82) is 0 Å². The molecule has 118 valence electrons. The number of amides is 1. The molecule has 0 atom stereocenters. The molecule has 0 unspecified atom stereocenters. The van der Waals surface area contributed by atoms with Crippen LogP contribution in [-0.4, -0.2) is 24.5 Å². The fraction of sp³-hybridized carbons (Fsp3) is 0.263. The second-order valence-corrected chi connectivity index (χ2v) is 6.03. The highest BCUT2D eigenvalue weighted by atomic mass is 16.6. The third-order valence-corrected chi connectivity index (χ3v) is 3.02. The summed E-state index contributed by atoms with van der Waals surface area (Å²) in [5.74, 6) is 5.84. The minimum atomic E-state index is -0.544. The zero-order valence-corrected chi connectivity index (χ0v) is 13.5. The summed E-state index contributed by atoms with van der Waals surface area (Å²) < 4.78 is 5.13. The monoisotopic (exact) mass is 309 g/mol. The molecule has 4 heteroatoms. The molecule has 0 aliphatic rings. The van der Waals surface area contributed by atoms with Crippen molar-refractivity contribution in [3.63, 3.8) is 0 Å². The van der Waals surface area contributed by atoms with E-state index in [9.17, 15) is 9.59 Å². The van der Waals surface area contributed by atoms with Crippen molar-refractivity contribution in [3.05, 3.63) is 47.5 Å². The topological polar surface area (TPSA) is 55.4 Å². The largest absolute Gasteiger partial charge is 0.444 e. The normalized spacial score (nSPS) is 10.6. The zero-order valence-electron chi connectivity index (χ0n) is 13.5. The molecule has 2 rings (SSSR count). The molecule has 0 saturated carbocycles. The Labute approximate surface area is 135 Å². The Morgan fingerprint density at radius 2 is 1.96 bits per heavy atom. The number of hydrogen-bond donors (Lipinski definition) is 1. The molecule has 0 aliphatic carbocycles. The van der Waals surface area contributed by atoms with Gasteiger partial charge in [-0.1, -0.05) is 42.2 Å². The summed E-state index contributed by atoms with van der Waals surface area (Å²) in [5.41, 5.74) is 0.662. The van der Waals surface area contributed by atoms with E-state index < -0.39 is 11.7 Å². The van der Waals surface area contributed by atoms with Crippen molar-refractivity contribution >= 4 is 23.2 Å². The van der Waals surface area contributed by atoms with Gasteiger partial charge in [0.25, 0.3) is 0 Å². The maximum Gasteiger partial charge on any atom is 0.408 e. The third kappa shape index (κ3) is 4.58. The Morgan fingerprint density at radius 1 is 1.22 bits per heavy atom. The van der Waals surface area contributed by atoms with Gasteiger partial charge in [-0.05, 0) is 37.6 Å². The SMILES string of the molecule is CC(C)(C)OC(=O)NCC#Cc1c(C=O)ccc2ccccc12. The predicted octanol–water partition coefficient (Wildman–Crippen LogP) is 3.53. The van der Waals surface area contributed by atoms with Gasteiger partial charge < -0.3 is 10.1 Å². The Balaban J connectivity index is 2.16. The van der Waals surface area contributed by atoms with E-state index in [-0.39, 0.29) is 6.54 Å². The lowest BCUT2D eigenvalue weighted by Gasteiger charge is -2.19. The summed E-state index contributed by atoms with van der Waals surface area (Å²) >= 11 is 0. The average molecular weight is 309 g/mol. The van der Waals surface area contributed by atoms with E-state index >= 15 is 0 Å². The van der Waals surface area contributed by atoms with Crippen LogP contribution in [0.3, 0.4) is 0 Å².